The van der Waals surface area contributed by atoms with Crippen LogP contribution in [0.5, 0.6) is 0 Å². The fourth-order valence-electron chi connectivity index (χ4n) is 6.06. The first-order chi connectivity index (χ1) is 19.1. The van der Waals surface area contributed by atoms with Crippen molar-refractivity contribution in [3.05, 3.63) is 84.3 Å². The van der Waals surface area contributed by atoms with E-state index in [4.69, 9.17) is 9.97 Å². The van der Waals surface area contributed by atoms with Crippen LogP contribution in [0.2, 0.25) is 0 Å². The van der Waals surface area contributed by atoms with E-state index >= 15 is 0 Å². The summed E-state index contributed by atoms with van der Waals surface area (Å²) in [5.74, 6) is 1.40. The molecule has 3 aliphatic rings. The molecule has 3 aromatic rings. The van der Waals surface area contributed by atoms with Crippen LogP contribution in [0.1, 0.15) is 69.4 Å². The molecule has 0 unspecified atom stereocenters. The van der Waals surface area contributed by atoms with E-state index in [-0.39, 0.29) is 0 Å². The first-order valence-corrected chi connectivity index (χ1v) is 14.5. The fraction of sp³-hybridized carbons (Fsp3) is 0.394. The van der Waals surface area contributed by atoms with E-state index in [1.165, 1.54) is 56.2 Å². The number of pyridine rings is 2. The number of anilines is 2. The monoisotopic (exact) mass is 518 g/mol. The van der Waals surface area contributed by atoms with Crippen molar-refractivity contribution in [1.82, 2.24) is 9.97 Å². The molecule has 0 N–H and O–H groups in total. The molecular formula is C33H38N6. The zero-order valence-corrected chi connectivity index (χ0v) is 23.0. The minimum Gasteiger partial charge on any atom is -0.372 e. The van der Waals surface area contributed by atoms with Gasteiger partial charge in [0.15, 0.2) is 0 Å². The van der Waals surface area contributed by atoms with Crippen LogP contribution in [0.15, 0.2) is 83.4 Å². The van der Waals surface area contributed by atoms with Gasteiger partial charge in [-0.3, -0.25) is 4.98 Å². The normalized spacial score (nSPS) is 17.7. The molecule has 2 aromatic heterocycles. The van der Waals surface area contributed by atoms with Crippen LogP contribution in [0.3, 0.4) is 0 Å². The van der Waals surface area contributed by atoms with Gasteiger partial charge in [0.05, 0.1) is 18.0 Å². The van der Waals surface area contributed by atoms with Gasteiger partial charge in [-0.1, -0.05) is 44.0 Å². The Bertz CT molecular complexity index is 1380. The van der Waals surface area contributed by atoms with E-state index in [1.54, 1.807) is 0 Å². The van der Waals surface area contributed by atoms with Gasteiger partial charge in [0.1, 0.15) is 5.82 Å². The summed E-state index contributed by atoms with van der Waals surface area (Å²) in [7, 11) is 0. The zero-order chi connectivity index (χ0) is 26.6. The van der Waals surface area contributed by atoms with Gasteiger partial charge in [-0.15, -0.1) is 0 Å². The molecular weight excluding hydrogens is 480 g/mol. The van der Waals surface area contributed by atoms with E-state index in [2.05, 4.69) is 69.0 Å². The average Bonchev–Trinajstić information content (AvgIpc) is 3.69. The second kappa shape index (κ2) is 11.5. The highest BCUT2D eigenvalue weighted by Gasteiger charge is 2.24. The van der Waals surface area contributed by atoms with Crippen molar-refractivity contribution < 1.29 is 0 Å². The van der Waals surface area contributed by atoms with E-state index in [1.807, 2.05) is 25.4 Å². The van der Waals surface area contributed by atoms with Crippen LogP contribution < -0.4 is 9.80 Å². The molecule has 4 heterocycles. The van der Waals surface area contributed by atoms with Crippen molar-refractivity contribution in [3.63, 3.8) is 0 Å². The minimum atomic E-state index is 0.485. The molecule has 1 saturated heterocycles. The Morgan fingerprint density at radius 3 is 2.51 bits per heavy atom. The summed E-state index contributed by atoms with van der Waals surface area (Å²) in [5, 5.41) is 8.65. The molecule has 1 saturated carbocycles. The molecule has 6 heteroatoms. The molecule has 0 bridgehead atoms. The highest BCUT2D eigenvalue weighted by atomic mass is 15.2. The first kappa shape index (κ1) is 25.5. The Labute approximate surface area is 232 Å². The number of rotatable bonds is 8. The molecule has 0 radical (unpaired) electrons. The largest absolute Gasteiger partial charge is 0.372 e. The van der Waals surface area contributed by atoms with Crippen LogP contribution in [0.25, 0.3) is 11.3 Å². The minimum absolute atomic E-state index is 0.485. The maximum Gasteiger partial charge on any atom is 0.133 e. The first-order valence-electron chi connectivity index (χ1n) is 14.5. The maximum atomic E-state index is 4.89. The molecule has 6 nitrogen and oxygen atoms in total. The van der Waals surface area contributed by atoms with Crippen molar-refractivity contribution >= 4 is 22.9 Å². The summed E-state index contributed by atoms with van der Waals surface area (Å²) in [6, 6.07) is 17.3. The zero-order valence-electron chi connectivity index (χ0n) is 23.0. The summed E-state index contributed by atoms with van der Waals surface area (Å²) in [6.07, 6.45) is 13.5. The summed E-state index contributed by atoms with van der Waals surface area (Å²) >= 11 is 0. The molecule has 2 fully saturated rings. The Hall–Kier alpha value is -3.80. The van der Waals surface area contributed by atoms with Gasteiger partial charge in [-0.2, -0.15) is 10.2 Å². The Morgan fingerprint density at radius 1 is 0.923 bits per heavy atom. The summed E-state index contributed by atoms with van der Waals surface area (Å²) in [6.45, 7) is 9.61. The third kappa shape index (κ3) is 5.80. The van der Waals surface area contributed by atoms with E-state index < -0.39 is 0 Å². The average molecular weight is 519 g/mol. The predicted octanol–water partition coefficient (Wildman–Crippen LogP) is 7.41. The van der Waals surface area contributed by atoms with Crippen LogP contribution in [0, 0.1) is 5.92 Å². The van der Waals surface area contributed by atoms with Crippen molar-refractivity contribution in [2.75, 3.05) is 22.9 Å². The standard InChI is InChI=1S/C33H38N6/c1-24-19-32(37-36-24)29-15-16-34-33(21-29)39(25(2)27-9-4-3-5-10-27)23-26-13-14-31(35-22-26)28-11-8-12-30(20-28)38-17-6-7-18-38/h8,11-16,20-22,27H,2-7,9-10,17-19,23H2,1H3. The van der Waals surface area contributed by atoms with Gasteiger partial charge in [-0.05, 0) is 74.4 Å². The van der Waals surface area contributed by atoms with Crippen LogP contribution >= 0.6 is 0 Å². The summed E-state index contributed by atoms with van der Waals surface area (Å²) in [5.41, 5.74) is 8.90. The lowest BCUT2D eigenvalue weighted by molar-refractivity contribution is 0.395. The highest BCUT2D eigenvalue weighted by Crippen LogP contribution is 2.34. The quantitative estimate of drug-likeness (QED) is 0.311. The van der Waals surface area contributed by atoms with Crippen molar-refractivity contribution in [3.8, 4) is 11.3 Å². The molecule has 1 aromatic carbocycles. The Morgan fingerprint density at radius 2 is 1.77 bits per heavy atom. The second-order valence-corrected chi connectivity index (χ2v) is 11.2. The van der Waals surface area contributed by atoms with Gasteiger partial charge in [-0.25, -0.2) is 4.98 Å². The number of nitrogens with zero attached hydrogens (tertiary/aromatic N) is 6. The number of aromatic nitrogens is 2. The number of hydrogen-bond donors (Lipinski definition) is 0. The topological polar surface area (TPSA) is 57.0 Å². The van der Waals surface area contributed by atoms with Gasteiger partial charge in [0, 0.05) is 60.1 Å². The van der Waals surface area contributed by atoms with Gasteiger partial charge in [0.25, 0.3) is 0 Å². The van der Waals surface area contributed by atoms with Crippen molar-refractivity contribution in [2.45, 2.75) is 64.8 Å². The van der Waals surface area contributed by atoms with E-state index in [0.717, 1.165) is 59.3 Å². The molecule has 6 rings (SSSR count). The lowest BCUT2D eigenvalue weighted by atomic mass is 9.86. The highest BCUT2D eigenvalue weighted by molar-refractivity contribution is 6.14. The molecule has 0 amide bonds. The Balaban J connectivity index is 1.25. The van der Waals surface area contributed by atoms with Crippen LogP contribution in [-0.4, -0.2) is 34.5 Å². The molecule has 0 atom stereocenters. The molecule has 1 aliphatic carbocycles. The van der Waals surface area contributed by atoms with Crippen molar-refractivity contribution in [2.24, 2.45) is 16.1 Å². The molecule has 39 heavy (non-hydrogen) atoms. The Kier molecular flexibility index (Phi) is 7.53. The summed E-state index contributed by atoms with van der Waals surface area (Å²) in [4.78, 5) is 14.5. The predicted molar refractivity (Wildman–Crippen MR) is 162 cm³/mol. The van der Waals surface area contributed by atoms with Gasteiger partial charge < -0.3 is 9.80 Å². The van der Waals surface area contributed by atoms with Gasteiger partial charge in [0.2, 0.25) is 0 Å². The van der Waals surface area contributed by atoms with Gasteiger partial charge >= 0.3 is 0 Å². The van der Waals surface area contributed by atoms with E-state index in [0.29, 0.717) is 12.5 Å². The smallest absolute Gasteiger partial charge is 0.133 e. The van der Waals surface area contributed by atoms with E-state index in [9.17, 15) is 0 Å². The molecule has 2 aliphatic heterocycles. The third-order valence-corrected chi connectivity index (χ3v) is 8.32. The number of hydrogen-bond acceptors (Lipinski definition) is 6. The van der Waals surface area contributed by atoms with Crippen LogP contribution in [0.4, 0.5) is 11.5 Å². The van der Waals surface area contributed by atoms with Crippen molar-refractivity contribution in [1.29, 1.82) is 0 Å². The molecule has 0 spiro atoms. The maximum absolute atomic E-state index is 4.89. The number of benzene rings is 1. The fourth-order valence-corrected chi connectivity index (χ4v) is 6.06. The lowest BCUT2D eigenvalue weighted by Gasteiger charge is -2.33. The summed E-state index contributed by atoms with van der Waals surface area (Å²) < 4.78 is 0. The molecule has 200 valence electrons. The third-order valence-electron chi connectivity index (χ3n) is 8.32. The second-order valence-electron chi connectivity index (χ2n) is 11.2. The van der Waals surface area contributed by atoms with Crippen LogP contribution in [-0.2, 0) is 6.54 Å². The SMILES string of the molecule is C=C(C1CCCCC1)N(Cc1ccc(-c2cccc(N3CCCC3)c2)nc1)c1cc(C2=NN=C(C)C2)ccn1. The number of allylic oxidation sites excluding steroid dienone is 1. The lowest BCUT2D eigenvalue weighted by Crippen LogP contribution is -2.28.